The lowest BCUT2D eigenvalue weighted by atomic mass is 10.4. The van der Waals surface area contributed by atoms with E-state index < -0.39 is 9.53 Å². The van der Waals surface area contributed by atoms with Crippen molar-refractivity contribution in [3.05, 3.63) is 0 Å². The van der Waals surface area contributed by atoms with E-state index in [0.29, 0.717) is 0 Å². The van der Waals surface area contributed by atoms with Crippen LogP contribution in [0.25, 0.3) is 0 Å². The third-order valence-corrected chi connectivity index (χ3v) is 3.62. The summed E-state index contributed by atoms with van der Waals surface area (Å²) in [5, 5.41) is 0. The Morgan fingerprint density at radius 1 is 0.882 bits per heavy atom. The molecule has 4 nitrogen and oxygen atoms in total. The fourth-order valence-electron chi connectivity index (χ4n) is 0.901. The molecule has 0 aliphatic carbocycles. The van der Waals surface area contributed by atoms with Crippen molar-refractivity contribution in [1.82, 2.24) is 0 Å². The molecule has 0 aliphatic heterocycles. The van der Waals surface area contributed by atoms with Gasteiger partial charge in [-0.15, -0.1) is 0 Å². The van der Waals surface area contributed by atoms with Gasteiger partial charge in [0.25, 0.3) is 0 Å². The van der Waals surface area contributed by atoms with Crippen molar-refractivity contribution in [3.63, 3.8) is 0 Å². The van der Waals surface area contributed by atoms with Gasteiger partial charge in [-0.05, 0) is 19.3 Å². The number of rotatable bonds is 10. The smallest absolute Gasteiger partial charge is 0.428 e. The van der Waals surface area contributed by atoms with Gasteiger partial charge in [0.15, 0.2) is 0 Å². The molecule has 0 fully saturated rings. The van der Waals surface area contributed by atoms with Gasteiger partial charge in [0, 0.05) is 26.9 Å². The largest absolute Gasteiger partial charge is 0.483 e. The maximum Gasteiger partial charge on any atom is 0.483 e. The van der Waals surface area contributed by atoms with Gasteiger partial charge in [-0.1, -0.05) is 27.2 Å². The highest BCUT2D eigenvalue weighted by Crippen LogP contribution is 1.93. The van der Waals surface area contributed by atoms with Crippen LogP contribution in [0.4, 0.5) is 0 Å². The third kappa shape index (κ3) is 18.8. The summed E-state index contributed by atoms with van der Waals surface area (Å²) < 4.78 is 20.6. The summed E-state index contributed by atoms with van der Waals surface area (Å²) in [5.41, 5.74) is 0. The van der Waals surface area contributed by atoms with E-state index in [2.05, 4.69) is 20.8 Å². The molecular weight excluding hydrogens is 252 g/mol. The van der Waals surface area contributed by atoms with Gasteiger partial charge in [0.2, 0.25) is 0 Å². The zero-order valence-corrected chi connectivity index (χ0v) is 15.3. The topological polar surface area (TPSA) is 36.9 Å². The molecule has 0 aromatic rings. The van der Waals surface area contributed by atoms with Crippen LogP contribution in [0.1, 0.15) is 46.5 Å². The molecule has 0 N–H and O–H groups in total. The molecular formula is C11H30O4Si2. The van der Waals surface area contributed by atoms with E-state index in [1.165, 1.54) is 12.8 Å². The molecule has 0 saturated carbocycles. The second-order valence-electron chi connectivity index (χ2n) is 3.61. The van der Waals surface area contributed by atoms with Crippen molar-refractivity contribution in [2.24, 2.45) is 0 Å². The summed E-state index contributed by atoms with van der Waals surface area (Å²) >= 11 is 0. The first kappa shape index (κ1) is 19.6. The van der Waals surface area contributed by atoms with Crippen molar-refractivity contribution in [1.29, 1.82) is 0 Å². The van der Waals surface area contributed by atoms with Crippen LogP contribution in [-0.4, -0.2) is 46.9 Å². The normalized spacial score (nSPS) is 10.4. The van der Waals surface area contributed by atoms with Crippen LogP contribution in [-0.2, 0) is 17.7 Å². The lowest BCUT2D eigenvalue weighted by molar-refractivity contribution is 0.113. The van der Waals surface area contributed by atoms with Crippen molar-refractivity contribution < 1.29 is 17.7 Å². The maximum atomic E-state index is 5.34. The molecule has 0 aliphatic rings. The van der Waals surface area contributed by atoms with Crippen molar-refractivity contribution in [2.45, 2.75) is 46.5 Å². The zero-order chi connectivity index (χ0) is 13.4. The lowest BCUT2D eigenvalue weighted by Gasteiger charge is -2.12. The minimum Gasteiger partial charge on any atom is -0.428 e. The molecule has 0 rings (SSSR count). The van der Waals surface area contributed by atoms with Gasteiger partial charge in [0.05, 0.1) is 0 Å². The average Bonchev–Trinajstić information content (AvgIpc) is 2.37. The van der Waals surface area contributed by atoms with E-state index in [0.717, 1.165) is 43.1 Å². The van der Waals surface area contributed by atoms with E-state index in [9.17, 15) is 0 Å². The molecule has 0 heterocycles. The van der Waals surface area contributed by atoms with Crippen LogP contribution in [0.5, 0.6) is 0 Å². The van der Waals surface area contributed by atoms with Crippen LogP contribution >= 0.6 is 0 Å². The standard InChI is InChI=1S/C7H18O3Si.C4H12OSi/c1-4-6-9-11(8-3)10-7-5-2;1-2-3-4-5-6/h11H,4-7H2,1-3H3;2-4H2,1,6H3. The minimum atomic E-state index is -1.75. The fraction of sp³-hybridized carbons (Fsp3) is 1.00. The third-order valence-electron chi connectivity index (χ3n) is 1.81. The summed E-state index contributed by atoms with van der Waals surface area (Å²) in [6.07, 6.45) is 4.51. The fourth-order valence-corrected chi connectivity index (χ4v) is 2.41. The van der Waals surface area contributed by atoms with Crippen LogP contribution in [0.15, 0.2) is 0 Å². The highest BCUT2D eigenvalue weighted by atomic mass is 28.3. The number of unbranched alkanes of at least 4 members (excludes halogenated alkanes) is 1. The van der Waals surface area contributed by atoms with E-state index in [1.54, 1.807) is 7.11 Å². The molecule has 17 heavy (non-hydrogen) atoms. The first-order valence-electron chi connectivity index (χ1n) is 6.51. The summed E-state index contributed by atoms with van der Waals surface area (Å²) in [6, 6.07) is 0. The Bertz CT molecular complexity index is 116. The molecule has 0 saturated heterocycles. The quantitative estimate of drug-likeness (QED) is 0.447. The predicted molar refractivity (Wildman–Crippen MR) is 77.4 cm³/mol. The Morgan fingerprint density at radius 3 is 1.65 bits per heavy atom. The minimum absolute atomic E-state index is 0.744. The Hall–Kier alpha value is 0.274. The number of hydrogen-bond donors (Lipinski definition) is 0. The molecule has 0 unspecified atom stereocenters. The molecule has 0 aromatic carbocycles. The van der Waals surface area contributed by atoms with Gasteiger partial charge in [0.1, 0.15) is 10.5 Å². The second kappa shape index (κ2) is 18.6. The van der Waals surface area contributed by atoms with Gasteiger partial charge in [-0.25, -0.2) is 0 Å². The monoisotopic (exact) mass is 282 g/mol. The molecule has 0 spiro atoms. The molecule has 6 heteroatoms. The Kier molecular flexibility index (Phi) is 21.5. The summed E-state index contributed by atoms with van der Waals surface area (Å²) in [4.78, 5) is 0. The molecule has 0 bridgehead atoms. The van der Waals surface area contributed by atoms with Crippen LogP contribution in [0.2, 0.25) is 0 Å². The van der Waals surface area contributed by atoms with E-state index >= 15 is 0 Å². The SMILES string of the molecule is CCCCO[SiH3].CCCO[SiH](OC)OCCC. The predicted octanol–water partition coefficient (Wildman–Crippen LogP) is 1.29. The Labute approximate surface area is 111 Å². The second-order valence-corrected chi connectivity index (χ2v) is 5.91. The average molecular weight is 283 g/mol. The van der Waals surface area contributed by atoms with E-state index in [1.807, 2.05) is 0 Å². The van der Waals surface area contributed by atoms with Gasteiger partial charge < -0.3 is 17.7 Å². The molecule has 106 valence electrons. The van der Waals surface area contributed by atoms with Crippen LogP contribution < -0.4 is 0 Å². The first-order chi connectivity index (χ1) is 8.26. The van der Waals surface area contributed by atoms with Gasteiger partial charge in [-0.3, -0.25) is 0 Å². The Balaban J connectivity index is 0. The summed E-state index contributed by atoms with van der Waals surface area (Å²) in [7, 11) is 0.796. The Morgan fingerprint density at radius 2 is 1.41 bits per heavy atom. The van der Waals surface area contributed by atoms with Crippen molar-refractivity contribution in [2.75, 3.05) is 26.9 Å². The molecule has 0 amide bonds. The van der Waals surface area contributed by atoms with Gasteiger partial charge in [-0.2, -0.15) is 0 Å². The highest BCUT2D eigenvalue weighted by Gasteiger charge is 2.10. The molecule has 0 atom stereocenters. The molecule has 0 aromatic heterocycles. The highest BCUT2D eigenvalue weighted by molar-refractivity contribution is 6.36. The number of hydrogen-bond acceptors (Lipinski definition) is 4. The summed E-state index contributed by atoms with van der Waals surface area (Å²) in [6.45, 7) is 8.77. The maximum absolute atomic E-state index is 5.34. The van der Waals surface area contributed by atoms with Gasteiger partial charge >= 0.3 is 9.53 Å². The van der Waals surface area contributed by atoms with E-state index in [4.69, 9.17) is 17.7 Å². The van der Waals surface area contributed by atoms with Crippen molar-refractivity contribution in [3.8, 4) is 0 Å². The van der Waals surface area contributed by atoms with Crippen LogP contribution in [0.3, 0.4) is 0 Å². The summed E-state index contributed by atoms with van der Waals surface area (Å²) in [5.74, 6) is 0. The lowest BCUT2D eigenvalue weighted by Crippen LogP contribution is -2.26. The molecule has 0 radical (unpaired) electrons. The van der Waals surface area contributed by atoms with E-state index in [-0.39, 0.29) is 0 Å². The van der Waals surface area contributed by atoms with Crippen molar-refractivity contribution >= 4 is 20.0 Å². The first-order valence-corrected chi connectivity index (χ1v) is 8.74. The zero-order valence-electron chi connectivity index (χ0n) is 12.2. The van der Waals surface area contributed by atoms with Crippen LogP contribution in [0, 0.1) is 0 Å².